The Morgan fingerprint density at radius 1 is 1.53 bits per heavy atom. The lowest BCUT2D eigenvalue weighted by Crippen LogP contribution is -2.40. The van der Waals surface area contributed by atoms with Crippen molar-refractivity contribution in [2.24, 2.45) is 0 Å². The number of hydrogen-bond donors (Lipinski definition) is 3. The molecule has 0 aromatic carbocycles. The van der Waals surface area contributed by atoms with E-state index in [0.717, 1.165) is 4.31 Å². The molecule has 0 radical (unpaired) electrons. The maximum atomic E-state index is 12.3. The van der Waals surface area contributed by atoms with Gasteiger partial charge in [-0.1, -0.05) is 11.3 Å². The maximum absolute atomic E-state index is 12.3. The highest BCUT2D eigenvalue weighted by molar-refractivity contribution is 7.91. The molecule has 10 heteroatoms. The van der Waals surface area contributed by atoms with E-state index in [9.17, 15) is 23.1 Å². The molecule has 1 saturated heterocycles. The molecule has 8 nitrogen and oxygen atoms in total. The second-order valence-corrected chi connectivity index (χ2v) is 7.31. The molecule has 2 heterocycles. The van der Waals surface area contributed by atoms with E-state index in [2.05, 4.69) is 4.98 Å². The summed E-state index contributed by atoms with van der Waals surface area (Å²) in [5.41, 5.74) is 0.167. The summed E-state index contributed by atoms with van der Waals surface area (Å²) in [5.74, 6) is -1.32. The Kier molecular flexibility index (Phi) is 3.51. The van der Waals surface area contributed by atoms with Gasteiger partial charge in [0.15, 0.2) is 4.21 Å². The molecule has 1 fully saturated rings. The molecule has 19 heavy (non-hydrogen) atoms. The summed E-state index contributed by atoms with van der Waals surface area (Å²) in [6.45, 7) is 1.14. The van der Waals surface area contributed by atoms with Crippen molar-refractivity contribution in [1.29, 1.82) is 0 Å². The second kappa shape index (κ2) is 4.71. The van der Waals surface area contributed by atoms with Gasteiger partial charge < -0.3 is 15.2 Å². The maximum Gasteiger partial charge on any atom is 0.322 e. The lowest BCUT2D eigenvalue weighted by molar-refractivity contribution is -0.140. The van der Waals surface area contributed by atoms with E-state index in [1.807, 2.05) is 0 Å². The third-order valence-corrected chi connectivity index (χ3v) is 6.30. The molecule has 0 saturated carbocycles. The highest BCUT2D eigenvalue weighted by Crippen LogP contribution is 2.28. The van der Waals surface area contributed by atoms with Crippen molar-refractivity contribution in [2.75, 3.05) is 6.54 Å². The van der Waals surface area contributed by atoms with Gasteiger partial charge in [0.25, 0.3) is 10.0 Å². The highest BCUT2D eigenvalue weighted by Gasteiger charge is 2.44. The molecular weight excluding hydrogens is 296 g/mol. The fraction of sp³-hybridized carbons (Fsp3) is 0.556. The van der Waals surface area contributed by atoms with E-state index >= 15 is 0 Å². The minimum atomic E-state index is -4.10. The lowest BCUT2D eigenvalue weighted by atomic mass is 10.2. The summed E-state index contributed by atoms with van der Waals surface area (Å²) in [4.78, 5) is 24.0. The Morgan fingerprint density at radius 2 is 2.16 bits per heavy atom. The summed E-state index contributed by atoms with van der Waals surface area (Å²) in [6.07, 6.45) is -1.18. The van der Waals surface area contributed by atoms with Gasteiger partial charge in [0.2, 0.25) is 0 Å². The number of carboxylic acid groups (broad SMARTS) is 1. The van der Waals surface area contributed by atoms with Crippen LogP contribution >= 0.6 is 11.3 Å². The zero-order valence-corrected chi connectivity index (χ0v) is 11.5. The van der Waals surface area contributed by atoms with Gasteiger partial charge in [-0.25, -0.2) is 8.42 Å². The van der Waals surface area contributed by atoms with Crippen molar-refractivity contribution < 1.29 is 23.4 Å². The number of aromatic nitrogens is 1. The first kappa shape index (κ1) is 14.2. The number of sulfonamides is 1. The van der Waals surface area contributed by atoms with Crippen molar-refractivity contribution in [1.82, 2.24) is 9.29 Å². The van der Waals surface area contributed by atoms with Crippen LogP contribution in [0.15, 0.2) is 9.00 Å². The van der Waals surface area contributed by atoms with Gasteiger partial charge in [-0.2, -0.15) is 4.31 Å². The quantitative estimate of drug-likeness (QED) is 0.654. The van der Waals surface area contributed by atoms with Crippen LogP contribution in [0, 0.1) is 6.92 Å². The van der Waals surface area contributed by atoms with Crippen LogP contribution in [-0.2, 0) is 14.8 Å². The van der Waals surface area contributed by atoms with E-state index in [-0.39, 0.29) is 22.9 Å². The van der Waals surface area contributed by atoms with E-state index < -0.39 is 33.0 Å². The number of aliphatic hydroxyl groups is 1. The van der Waals surface area contributed by atoms with Crippen molar-refractivity contribution in [2.45, 2.75) is 29.7 Å². The Hall–Kier alpha value is -1.23. The van der Waals surface area contributed by atoms with Crippen LogP contribution in [-0.4, -0.2) is 52.6 Å². The van der Waals surface area contributed by atoms with E-state index in [0.29, 0.717) is 11.3 Å². The molecule has 2 atom stereocenters. The van der Waals surface area contributed by atoms with Crippen molar-refractivity contribution in [3.63, 3.8) is 0 Å². The Balaban J connectivity index is 2.47. The van der Waals surface area contributed by atoms with E-state index in [1.54, 1.807) is 0 Å². The molecule has 0 amide bonds. The first-order valence-electron chi connectivity index (χ1n) is 5.36. The molecular formula is C9H12N2O6S2. The number of nitrogens with one attached hydrogen (secondary N) is 1. The summed E-state index contributed by atoms with van der Waals surface area (Å²) < 4.78 is 25.2. The average Bonchev–Trinajstić information content (AvgIpc) is 2.82. The third kappa shape index (κ3) is 2.43. The Morgan fingerprint density at radius 3 is 2.63 bits per heavy atom. The van der Waals surface area contributed by atoms with Gasteiger partial charge in [0.1, 0.15) is 6.04 Å². The van der Waals surface area contributed by atoms with Crippen LogP contribution < -0.4 is 4.87 Å². The number of H-pyrrole nitrogens is 1. The third-order valence-electron chi connectivity index (χ3n) is 2.84. The molecule has 0 unspecified atom stereocenters. The summed E-state index contributed by atoms with van der Waals surface area (Å²) in [5, 5.41) is 18.5. The molecule has 1 aliphatic rings. The lowest BCUT2D eigenvalue weighted by Gasteiger charge is -2.19. The number of aromatic amines is 1. The van der Waals surface area contributed by atoms with Gasteiger partial charge in [0.05, 0.1) is 6.10 Å². The number of carboxylic acids is 1. The van der Waals surface area contributed by atoms with Crippen LogP contribution in [0.3, 0.4) is 0 Å². The number of hydrogen-bond acceptors (Lipinski definition) is 6. The fourth-order valence-corrected chi connectivity index (χ4v) is 5.06. The second-order valence-electron chi connectivity index (χ2n) is 4.25. The minimum absolute atomic E-state index is 0.160. The van der Waals surface area contributed by atoms with E-state index in [4.69, 9.17) is 5.11 Å². The van der Waals surface area contributed by atoms with Gasteiger partial charge in [-0.3, -0.25) is 9.59 Å². The minimum Gasteiger partial charge on any atom is -0.480 e. The molecule has 0 aliphatic carbocycles. The predicted octanol–water partition coefficient (Wildman–Crippen LogP) is -1.05. The number of carbonyl (C=O) groups is 1. The molecule has 0 spiro atoms. The van der Waals surface area contributed by atoms with Crippen molar-refractivity contribution in [3.05, 3.63) is 15.4 Å². The highest BCUT2D eigenvalue weighted by atomic mass is 32.2. The topological polar surface area (TPSA) is 128 Å². The Bertz CT molecular complexity index is 660. The number of β-amino-alcohol motifs (C(OH)–C–C–N with tert-alkyl or cyclic N) is 1. The zero-order valence-electron chi connectivity index (χ0n) is 9.86. The fourth-order valence-electron chi connectivity index (χ4n) is 2.02. The first-order valence-corrected chi connectivity index (χ1v) is 7.61. The largest absolute Gasteiger partial charge is 0.480 e. The normalized spacial score (nSPS) is 24.7. The Labute approximate surface area is 112 Å². The van der Waals surface area contributed by atoms with Crippen molar-refractivity contribution in [3.8, 4) is 0 Å². The molecule has 106 valence electrons. The zero-order chi connectivity index (χ0) is 14.4. The van der Waals surface area contributed by atoms with Crippen LogP contribution in [0.5, 0.6) is 0 Å². The SMILES string of the molecule is Cc1[nH]c(=O)sc1S(=O)(=O)N1C[C@H](O)C[C@@H]1C(=O)O. The van der Waals surface area contributed by atoms with Crippen molar-refractivity contribution >= 4 is 27.3 Å². The van der Waals surface area contributed by atoms with E-state index in [1.165, 1.54) is 6.92 Å². The number of aryl methyl sites for hydroxylation is 1. The number of aliphatic hydroxyl groups excluding tert-OH is 1. The summed E-state index contributed by atoms with van der Waals surface area (Å²) in [6, 6.07) is -1.31. The smallest absolute Gasteiger partial charge is 0.322 e. The van der Waals surface area contributed by atoms with Gasteiger partial charge in [0, 0.05) is 18.7 Å². The molecule has 1 aromatic rings. The predicted molar refractivity (Wildman–Crippen MR) is 65.6 cm³/mol. The van der Waals surface area contributed by atoms with Gasteiger partial charge in [-0.05, 0) is 6.92 Å². The average molecular weight is 308 g/mol. The van der Waals surface area contributed by atoms with Crippen LogP contribution in [0.2, 0.25) is 0 Å². The number of aliphatic carboxylic acids is 1. The first-order chi connectivity index (χ1) is 8.73. The molecule has 0 bridgehead atoms. The monoisotopic (exact) mass is 308 g/mol. The van der Waals surface area contributed by atoms with Crippen LogP contribution in [0.25, 0.3) is 0 Å². The van der Waals surface area contributed by atoms with Crippen LogP contribution in [0.1, 0.15) is 12.1 Å². The summed E-state index contributed by atoms with van der Waals surface area (Å²) in [7, 11) is -4.10. The standard InChI is InChI=1S/C9H12N2O6S2/c1-4-8(18-9(15)10-4)19(16,17)11-3-5(12)2-6(11)7(13)14/h5-6,12H,2-3H2,1H3,(H,10,15)(H,13,14)/t5-,6-/m1/s1. The van der Waals surface area contributed by atoms with Gasteiger partial charge >= 0.3 is 10.8 Å². The van der Waals surface area contributed by atoms with Gasteiger partial charge in [-0.15, -0.1) is 0 Å². The molecule has 1 aliphatic heterocycles. The molecule has 3 N–H and O–H groups in total. The number of thiazole rings is 1. The number of nitrogens with zero attached hydrogens (tertiary/aromatic N) is 1. The molecule has 2 rings (SSSR count). The van der Waals surface area contributed by atoms with Crippen LogP contribution in [0.4, 0.5) is 0 Å². The molecule has 1 aromatic heterocycles. The number of rotatable bonds is 3. The summed E-state index contributed by atoms with van der Waals surface area (Å²) >= 11 is 0.508.